The van der Waals surface area contributed by atoms with E-state index >= 15 is 0 Å². The Kier molecular flexibility index (Phi) is 4.04. The van der Waals surface area contributed by atoms with Crippen LogP contribution in [0.4, 0.5) is 4.79 Å². The zero-order valence-corrected chi connectivity index (χ0v) is 10.1. The third-order valence-electron chi connectivity index (χ3n) is 3.64. The Hall–Kier alpha value is -0.770. The number of hydrogen-bond donors (Lipinski definition) is 1. The SMILES string of the molecule is CCC1COCCN1C(=O)NC1CCCC1. The van der Waals surface area contributed by atoms with Crippen LogP contribution in [-0.2, 0) is 4.74 Å². The molecule has 0 bridgehead atoms. The molecule has 1 unspecified atom stereocenters. The number of morpholine rings is 1. The summed E-state index contributed by atoms with van der Waals surface area (Å²) in [5.74, 6) is 0. The molecule has 4 nitrogen and oxygen atoms in total. The molecule has 0 aromatic carbocycles. The van der Waals surface area contributed by atoms with Gasteiger partial charge in [0.25, 0.3) is 0 Å². The Bertz CT molecular complexity index is 239. The van der Waals surface area contributed by atoms with Gasteiger partial charge >= 0.3 is 6.03 Å². The number of nitrogens with zero attached hydrogens (tertiary/aromatic N) is 1. The van der Waals surface area contributed by atoms with Crippen LogP contribution >= 0.6 is 0 Å². The predicted octanol–water partition coefficient (Wildman–Crippen LogP) is 1.75. The van der Waals surface area contributed by atoms with E-state index in [-0.39, 0.29) is 12.1 Å². The molecule has 4 heteroatoms. The first-order chi connectivity index (χ1) is 7.81. The van der Waals surface area contributed by atoms with Crippen molar-refractivity contribution >= 4 is 6.03 Å². The fourth-order valence-corrected chi connectivity index (χ4v) is 2.59. The minimum atomic E-state index is 0.113. The van der Waals surface area contributed by atoms with Crippen molar-refractivity contribution in [2.45, 2.75) is 51.1 Å². The number of ether oxygens (including phenoxy) is 1. The molecule has 1 saturated carbocycles. The Morgan fingerprint density at radius 1 is 1.44 bits per heavy atom. The molecule has 1 saturated heterocycles. The quantitative estimate of drug-likeness (QED) is 0.779. The lowest BCUT2D eigenvalue weighted by molar-refractivity contribution is 0.0107. The van der Waals surface area contributed by atoms with Gasteiger partial charge in [-0.15, -0.1) is 0 Å². The normalized spacial score (nSPS) is 27.1. The molecule has 0 aromatic rings. The lowest BCUT2D eigenvalue weighted by atomic mass is 10.2. The molecular formula is C12H22N2O2. The summed E-state index contributed by atoms with van der Waals surface area (Å²) in [6.45, 7) is 4.20. The topological polar surface area (TPSA) is 41.6 Å². The van der Waals surface area contributed by atoms with Crippen molar-refractivity contribution in [1.29, 1.82) is 0 Å². The van der Waals surface area contributed by atoms with Gasteiger partial charge in [-0.2, -0.15) is 0 Å². The molecule has 2 fully saturated rings. The van der Waals surface area contributed by atoms with Crippen LogP contribution in [0.2, 0.25) is 0 Å². The van der Waals surface area contributed by atoms with Crippen molar-refractivity contribution in [2.75, 3.05) is 19.8 Å². The molecule has 0 radical (unpaired) electrons. The lowest BCUT2D eigenvalue weighted by Gasteiger charge is -2.35. The summed E-state index contributed by atoms with van der Waals surface area (Å²) in [6.07, 6.45) is 5.77. The number of carbonyl (C=O) groups excluding carboxylic acids is 1. The summed E-state index contributed by atoms with van der Waals surface area (Å²) in [7, 11) is 0. The van der Waals surface area contributed by atoms with E-state index in [0.717, 1.165) is 25.8 Å². The lowest BCUT2D eigenvalue weighted by Crippen LogP contribution is -2.53. The van der Waals surface area contributed by atoms with Crippen molar-refractivity contribution in [1.82, 2.24) is 10.2 Å². The van der Waals surface area contributed by atoms with Crippen molar-refractivity contribution in [2.24, 2.45) is 0 Å². The maximum absolute atomic E-state index is 12.1. The molecule has 1 heterocycles. The van der Waals surface area contributed by atoms with E-state index < -0.39 is 0 Å². The molecule has 2 aliphatic rings. The van der Waals surface area contributed by atoms with Crippen LogP contribution in [0.5, 0.6) is 0 Å². The number of carbonyl (C=O) groups is 1. The van der Waals surface area contributed by atoms with E-state index in [1.165, 1.54) is 12.8 Å². The monoisotopic (exact) mass is 226 g/mol. The van der Waals surface area contributed by atoms with E-state index in [9.17, 15) is 4.79 Å². The van der Waals surface area contributed by atoms with Crippen LogP contribution in [0.25, 0.3) is 0 Å². The van der Waals surface area contributed by atoms with Crippen LogP contribution < -0.4 is 5.32 Å². The summed E-state index contributed by atoms with van der Waals surface area (Å²) < 4.78 is 5.40. The average Bonchev–Trinajstić information content (AvgIpc) is 2.81. The van der Waals surface area contributed by atoms with Gasteiger partial charge in [0.05, 0.1) is 19.3 Å². The van der Waals surface area contributed by atoms with Gasteiger partial charge in [-0.1, -0.05) is 19.8 Å². The third-order valence-corrected chi connectivity index (χ3v) is 3.64. The number of hydrogen-bond acceptors (Lipinski definition) is 2. The van der Waals surface area contributed by atoms with Gasteiger partial charge < -0.3 is 15.0 Å². The fourth-order valence-electron chi connectivity index (χ4n) is 2.59. The first-order valence-corrected chi connectivity index (χ1v) is 6.46. The molecular weight excluding hydrogens is 204 g/mol. The fraction of sp³-hybridized carbons (Fsp3) is 0.917. The highest BCUT2D eigenvalue weighted by Crippen LogP contribution is 2.18. The number of amides is 2. The van der Waals surface area contributed by atoms with Gasteiger partial charge in [0.1, 0.15) is 0 Å². The van der Waals surface area contributed by atoms with Crippen molar-refractivity contribution in [3.63, 3.8) is 0 Å². The summed E-state index contributed by atoms with van der Waals surface area (Å²) in [4.78, 5) is 14.0. The summed E-state index contributed by atoms with van der Waals surface area (Å²) >= 11 is 0. The molecule has 92 valence electrons. The maximum Gasteiger partial charge on any atom is 0.318 e. The molecule has 0 spiro atoms. The highest BCUT2D eigenvalue weighted by atomic mass is 16.5. The minimum absolute atomic E-state index is 0.113. The van der Waals surface area contributed by atoms with Crippen molar-refractivity contribution in [3.05, 3.63) is 0 Å². The highest BCUT2D eigenvalue weighted by molar-refractivity contribution is 5.75. The minimum Gasteiger partial charge on any atom is -0.377 e. The Labute approximate surface area is 97.3 Å². The molecule has 1 atom stereocenters. The number of urea groups is 1. The van der Waals surface area contributed by atoms with E-state index in [4.69, 9.17) is 4.74 Å². The Morgan fingerprint density at radius 2 is 2.19 bits per heavy atom. The van der Waals surface area contributed by atoms with Crippen LogP contribution in [0.3, 0.4) is 0 Å². The summed E-state index contributed by atoms with van der Waals surface area (Å²) in [5, 5.41) is 3.14. The van der Waals surface area contributed by atoms with Crippen LogP contribution in [0, 0.1) is 0 Å². The summed E-state index contributed by atoms with van der Waals surface area (Å²) in [6, 6.07) is 0.782. The van der Waals surface area contributed by atoms with E-state index in [0.29, 0.717) is 19.3 Å². The van der Waals surface area contributed by atoms with Gasteiger partial charge in [0.2, 0.25) is 0 Å². The summed E-state index contributed by atoms with van der Waals surface area (Å²) in [5.41, 5.74) is 0. The Balaban J connectivity index is 1.86. The van der Waals surface area contributed by atoms with Crippen LogP contribution in [-0.4, -0.2) is 42.8 Å². The Morgan fingerprint density at radius 3 is 2.88 bits per heavy atom. The molecule has 0 aromatic heterocycles. The van der Waals surface area contributed by atoms with Gasteiger partial charge in [-0.25, -0.2) is 4.79 Å². The smallest absolute Gasteiger partial charge is 0.318 e. The first kappa shape index (κ1) is 11.7. The molecule has 16 heavy (non-hydrogen) atoms. The average molecular weight is 226 g/mol. The van der Waals surface area contributed by atoms with E-state index in [1.54, 1.807) is 0 Å². The number of rotatable bonds is 2. The van der Waals surface area contributed by atoms with Crippen LogP contribution in [0.15, 0.2) is 0 Å². The third kappa shape index (κ3) is 2.67. The maximum atomic E-state index is 12.1. The van der Waals surface area contributed by atoms with Crippen LogP contribution in [0.1, 0.15) is 39.0 Å². The zero-order chi connectivity index (χ0) is 11.4. The van der Waals surface area contributed by atoms with Crippen molar-refractivity contribution in [3.8, 4) is 0 Å². The second-order valence-electron chi connectivity index (χ2n) is 4.76. The molecule has 1 aliphatic carbocycles. The van der Waals surface area contributed by atoms with E-state index in [1.807, 2.05) is 4.90 Å². The second kappa shape index (κ2) is 5.53. The van der Waals surface area contributed by atoms with Gasteiger partial charge in [-0.3, -0.25) is 0 Å². The standard InChI is InChI=1S/C12H22N2O2/c1-2-11-9-16-8-7-14(11)12(15)13-10-5-3-4-6-10/h10-11H,2-9H2,1H3,(H,13,15). The molecule has 2 rings (SSSR count). The molecule has 1 N–H and O–H groups in total. The second-order valence-corrected chi connectivity index (χ2v) is 4.76. The first-order valence-electron chi connectivity index (χ1n) is 6.46. The largest absolute Gasteiger partial charge is 0.377 e. The zero-order valence-electron chi connectivity index (χ0n) is 10.1. The van der Waals surface area contributed by atoms with Gasteiger partial charge in [0.15, 0.2) is 0 Å². The molecule has 2 amide bonds. The van der Waals surface area contributed by atoms with Crippen molar-refractivity contribution < 1.29 is 9.53 Å². The van der Waals surface area contributed by atoms with Gasteiger partial charge in [-0.05, 0) is 19.3 Å². The van der Waals surface area contributed by atoms with Gasteiger partial charge in [0, 0.05) is 12.6 Å². The molecule has 1 aliphatic heterocycles. The van der Waals surface area contributed by atoms with E-state index in [2.05, 4.69) is 12.2 Å². The predicted molar refractivity (Wildman–Crippen MR) is 62.4 cm³/mol. The number of nitrogens with one attached hydrogen (secondary N) is 1. The highest BCUT2D eigenvalue weighted by Gasteiger charge is 2.27.